The van der Waals surface area contributed by atoms with Crippen LogP contribution in [0.1, 0.15) is 33.4 Å². The normalized spacial score (nSPS) is 22.9. The van der Waals surface area contributed by atoms with E-state index in [1.807, 2.05) is 60.7 Å². The maximum absolute atomic E-state index is 7.52. The molecule has 1 aliphatic rings. The van der Waals surface area contributed by atoms with Crippen LogP contribution in [0.2, 0.25) is 0 Å². The minimum atomic E-state index is -0.790. The smallest absolute Gasteiger partial charge is 0.104 e. The summed E-state index contributed by atoms with van der Waals surface area (Å²) < 4.78 is 0. The van der Waals surface area contributed by atoms with Crippen LogP contribution >= 0.6 is 23.2 Å². The highest BCUT2D eigenvalue weighted by Gasteiger charge is 2.50. The number of hydrogen-bond donors (Lipinski definition) is 0. The lowest BCUT2D eigenvalue weighted by molar-refractivity contribution is 0.730. The minimum absolute atomic E-state index is 0.790. The molecule has 0 fully saturated rings. The van der Waals surface area contributed by atoms with E-state index in [9.17, 15) is 0 Å². The zero-order valence-electron chi connectivity index (χ0n) is 15.1. The first kappa shape index (κ1) is 17.6. The first-order chi connectivity index (χ1) is 13.7. The maximum atomic E-state index is 7.52. The highest BCUT2D eigenvalue weighted by atomic mass is 35.5. The van der Waals surface area contributed by atoms with Gasteiger partial charge in [0.25, 0.3) is 0 Å². The molecule has 28 heavy (non-hydrogen) atoms. The van der Waals surface area contributed by atoms with Crippen molar-refractivity contribution in [1.82, 2.24) is 0 Å². The Kier molecular flexibility index (Phi) is 4.08. The molecule has 2 heteroatoms. The third-order valence-electron chi connectivity index (χ3n) is 5.68. The maximum Gasteiger partial charge on any atom is 0.120 e. The van der Waals surface area contributed by atoms with Crippen LogP contribution in [-0.2, 0) is 9.75 Å². The topological polar surface area (TPSA) is 0 Å². The molecule has 4 aromatic carbocycles. The fourth-order valence-corrected chi connectivity index (χ4v) is 5.33. The Labute approximate surface area is 175 Å². The summed E-state index contributed by atoms with van der Waals surface area (Å²) in [5.41, 5.74) is 6.20. The van der Waals surface area contributed by atoms with Crippen molar-refractivity contribution in [2.24, 2.45) is 0 Å². The summed E-state index contributed by atoms with van der Waals surface area (Å²) in [7, 11) is 0. The molecule has 0 saturated carbocycles. The summed E-state index contributed by atoms with van der Waals surface area (Å²) in [6.07, 6.45) is 0. The molecule has 0 bridgehead atoms. The van der Waals surface area contributed by atoms with E-state index in [-0.39, 0.29) is 0 Å². The molecule has 0 radical (unpaired) electrons. The molecule has 0 spiro atoms. The molecule has 0 saturated heterocycles. The molecule has 0 heterocycles. The van der Waals surface area contributed by atoms with Gasteiger partial charge in [-0.25, -0.2) is 0 Å². The Bertz CT molecular complexity index is 994. The van der Waals surface area contributed by atoms with Gasteiger partial charge in [-0.05, 0) is 33.4 Å². The van der Waals surface area contributed by atoms with Crippen molar-refractivity contribution < 1.29 is 0 Å². The van der Waals surface area contributed by atoms with Gasteiger partial charge in [-0.15, -0.1) is 23.2 Å². The fourth-order valence-electron chi connectivity index (χ4n) is 4.42. The molecule has 0 nitrogen and oxygen atoms in total. The van der Waals surface area contributed by atoms with E-state index >= 15 is 0 Å². The zero-order chi connectivity index (χ0) is 19.2. The van der Waals surface area contributed by atoms with Crippen molar-refractivity contribution in [2.45, 2.75) is 9.75 Å². The van der Waals surface area contributed by atoms with E-state index in [4.69, 9.17) is 23.2 Å². The molecule has 136 valence electrons. The lowest BCUT2D eigenvalue weighted by Crippen LogP contribution is -2.38. The van der Waals surface area contributed by atoms with E-state index in [0.717, 1.165) is 33.4 Å². The van der Waals surface area contributed by atoms with Crippen LogP contribution in [0, 0.1) is 0 Å². The highest BCUT2D eigenvalue weighted by Crippen LogP contribution is 2.58. The Morgan fingerprint density at radius 1 is 0.357 bits per heavy atom. The number of benzene rings is 4. The predicted molar refractivity (Wildman–Crippen MR) is 117 cm³/mol. The molecule has 0 aliphatic heterocycles. The van der Waals surface area contributed by atoms with Gasteiger partial charge in [-0.3, -0.25) is 0 Å². The Hall–Kier alpha value is -2.54. The summed E-state index contributed by atoms with van der Waals surface area (Å²) >= 11 is 15.0. The van der Waals surface area contributed by atoms with Crippen LogP contribution in [0.4, 0.5) is 0 Å². The SMILES string of the molecule is ClC1(c2ccccc2)c2ccccc2C(Cl)(c2ccccc2)c2ccccc21. The second-order valence-electron chi connectivity index (χ2n) is 7.14. The molecule has 0 aromatic heterocycles. The number of rotatable bonds is 2. The molecule has 1 aliphatic carbocycles. The van der Waals surface area contributed by atoms with Crippen LogP contribution in [-0.4, -0.2) is 0 Å². The van der Waals surface area contributed by atoms with Crippen molar-refractivity contribution in [3.8, 4) is 0 Å². The van der Waals surface area contributed by atoms with E-state index in [2.05, 4.69) is 48.5 Å². The summed E-state index contributed by atoms with van der Waals surface area (Å²) in [6, 6.07) is 37.1. The fraction of sp³-hybridized carbons (Fsp3) is 0.0769. The molecular weight excluding hydrogens is 383 g/mol. The summed E-state index contributed by atoms with van der Waals surface area (Å²) in [6.45, 7) is 0. The van der Waals surface area contributed by atoms with Gasteiger partial charge in [0.05, 0.1) is 0 Å². The average Bonchev–Trinajstić information content (AvgIpc) is 2.79. The largest absolute Gasteiger partial charge is 0.120 e. The zero-order valence-corrected chi connectivity index (χ0v) is 16.7. The number of halogens is 2. The van der Waals surface area contributed by atoms with Crippen LogP contribution in [0.3, 0.4) is 0 Å². The third-order valence-corrected chi connectivity index (χ3v) is 6.93. The Morgan fingerprint density at radius 3 is 0.893 bits per heavy atom. The molecule has 5 rings (SSSR count). The standard InChI is InChI=1S/C26H18Cl2/c27-25(19-11-3-1-4-12-19)21-15-7-9-17-23(21)26(28,20-13-5-2-6-14-20)24-18-10-8-16-22(24)25/h1-18H. The van der Waals surface area contributed by atoms with E-state index in [1.165, 1.54) is 0 Å². The first-order valence-electron chi connectivity index (χ1n) is 9.35. The third kappa shape index (κ3) is 2.32. The summed E-state index contributed by atoms with van der Waals surface area (Å²) in [5, 5.41) is 0. The van der Waals surface area contributed by atoms with Crippen LogP contribution in [0.15, 0.2) is 109 Å². The van der Waals surface area contributed by atoms with Crippen molar-refractivity contribution in [2.75, 3.05) is 0 Å². The van der Waals surface area contributed by atoms with Crippen molar-refractivity contribution in [1.29, 1.82) is 0 Å². The summed E-state index contributed by atoms with van der Waals surface area (Å²) in [4.78, 5) is -1.58. The minimum Gasteiger partial charge on any atom is -0.104 e. The van der Waals surface area contributed by atoms with Gasteiger partial charge in [-0.1, -0.05) is 109 Å². The number of alkyl halides is 2. The lowest BCUT2D eigenvalue weighted by atomic mass is 9.67. The molecular formula is C26H18Cl2. The van der Waals surface area contributed by atoms with Gasteiger partial charge >= 0.3 is 0 Å². The number of fused-ring (bicyclic) bond motifs is 2. The summed E-state index contributed by atoms with van der Waals surface area (Å²) in [5.74, 6) is 0. The van der Waals surface area contributed by atoms with Gasteiger partial charge in [0, 0.05) is 0 Å². The van der Waals surface area contributed by atoms with Crippen LogP contribution in [0.25, 0.3) is 0 Å². The number of hydrogen-bond acceptors (Lipinski definition) is 0. The lowest BCUT2D eigenvalue weighted by Gasteiger charge is -2.44. The van der Waals surface area contributed by atoms with Gasteiger partial charge in [0.1, 0.15) is 9.75 Å². The first-order valence-corrected chi connectivity index (χ1v) is 10.1. The van der Waals surface area contributed by atoms with Crippen LogP contribution < -0.4 is 0 Å². The predicted octanol–water partition coefficient (Wildman–Crippen LogP) is 7.06. The second-order valence-corrected chi connectivity index (χ2v) is 8.27. The molecule has 0 amide bonds. The average molecular weight is 401 g/mol. The van der Waals surface area contributed by atoms with E-state index in [1.54, 1.807) is 0 Å². The van der Waals surface area contributed by atoms with Gasteiger partial charge in [0.2, 0.25) is 0 Å². The van der Waals surface area contributed by atoms with Gasteiger partial charge < -0.3 is 0 Å². The van der Waals surface area contributed by atoms with Crippen molar-refractivity contribution >= 4 is 23.2 Å². The van der Waals surface area contributed by atoms with Gasteiger partial charge in [-0.2, -0.15) is 0 Å². The molecule has 0 unspecified atom stereocenters. The Balaban J connectivity index is 1.91. The molecule has 0 N–H and O–H groups in total. The molecule has 4 aromatic rings. The molecule has 0 atom stereocenters. The van der Waals surface area contributed by atoms with Crippen molar-refractivity contribution in [3.05, 3.63) is 143 Å². The second kappa shape index (κ2) is 6.51. The van der Waals surface area contributed by atoms with Crippen molar-refractivity contribution in [3.63, 3.8) is 0 Å². The Morgan fingerprint density at radius 2 is 0.607 bits per heavy atom. The van der Waals surface area contributed by atoms with E-state index < -0.39 is 9.75 Å². The highest BCUT2D eigenvalue weighted by molar-refractivity contribution is 6.32. The quantitative estimate of drug-likeness (QED) is 0.316. The van der Waals surface area contributed by atoms with Crippen LogP contribution in [0.5, 0.6) is 0 Å². The van der Waals surface area contributed by atoms with Gasteiger partial charge in [0.15, 0.2) is 0 Å². The monoisotopic (exact) mass is 400 g/mol. The van der Waals surface area contributed by atoms with E-state index in [0.29, 0.717) is 0 Å².